The van der Waals surface area contributed by atoms with E-state index >= 15 is 0 Å². The molecule has 1 heterocycles. The van der Waals surface area contributed by atoms with Gasteiger partial charge in [0.15, 0.2) is 0 Å². The zero-order valence-corrected chi connectivity index (χ0v) is 12.5. The maximum absolute atomic E-state index is 12.1. The zero-order valence-electron chi connectivity index (χ0n) is 11.6. The van der Waals surface area contributed by atoms with Crippen molar-refractivity contribution in [2.24, 2.45) is 0 Å². The molecule has 0 bridgehead atoms. The Morgan fingerprint density at radius 3 is 2.74 bits per heavy atom. The van der Waals surface area contributed by atoms with Crippen molar-refractivity contribution >= 4 is 17.3 Å². The second kappa shape index (κ2) is 5.15. The summed E-state index contributed by atoms with van der Waals surface area (Å²) in [5, 5.41) is 0. The van der Waals surface area contributed by atoms with Gasteiger partial charge < -0.3 is 9.29 Å². The number of benzene rings is 1. The van der Waals surface area contributed by atoms with Gasteiger partial charge in [-0.15, -0.1) is 4.72 Å². The van der Waals surface area contributed by atoms with Crippen molar-refractivity contribution in [3.05, 3.63) is 34.9 Å². The number of nitrogens with one attached hydrogen (secondary N) is 1. The van der Waals surface area contributed by atoms with Crippen LogP contribution in [0.25, 0.3) is 0 Å². The van der Waals surface area contributed by atoms with Crippen LogP contribution in [0.3, 0.4) is 0 Å². The van der Waals surface area contributed by atoms with Gasteiger partial charge in [0.25, 0.3) is 0 Å². The first-order valence-corrected chi connectivity index (χ1v) is 7.42. The predicted octanol–water partition coefficient (Wildman–Crippen LogP) is 2.47. The molecule has 1 aromatic rings. The molecule has 0 aromatic heterocycles. The molecule has 2 unspecified atom stereocenters. The zero-order chi connectivity index (χ0) is 14.2. The molecule has 0 amide bonds. The van der Waals surface area contributed by atoms with Crippen LogP contribution in [0.15, 0.2) is 18.2 Å². The summed E-state index contributed by atoms with van der Waals surface area (Å²) >= 11 is -1.12. The van der Waals surface area contributed by atoms with Gasteiger partial charge in [0.05, 0.1) is 11.6 Å². The Morgan fingerprint density at radius 2 is 2.11 bits per heavy atom. The maximum Gasteiger partial charge on any atom is 0.338 e. The lowest BCUT2D eigenvalue weighted by molar-refractivity contribution is 0.0535. The van der Waals surface area contributed by atoms with Gasteiger partial charge in [0, 0.05) is 16.9 Å². The second-order valence-corrected chi connectivity index (χ2v) is 7.71. The first-order chi connectivity index (χ1) is 8.79. The number of cyclic esters (lactones) is 1. The number of hydrogen-bond donors (Lipinski definition) is 1. The third kappa shape index (κ3) is 3.11. The number of hydrogen-bond acceptors (Lipinski definition) is 4. The molecule has 19 heavy (non-hydrogen) atoms. The molecular weight excluding hydrogens is 262 g/mol. The maximum atomic E-state index is 12.1. The largest absolute Gasteiger partial charge is 0.598 e. The molecule has 0 fully saturated rings. The number of rotatable bonds is 3. The number of esters is 1. The number of carbonyl (C=O) groups is 1. The molecule has 0 aliphatic carbocycles. The van der Waals surface area contributed by atoms with Crippen LogP contribution in [0.5, 0.6) is 0 Å². The fourth-order valence-electron chi connectivity index (χ4n) is 1.83. The fourth-order valence-corrected chi connectivity index (χ4v) is 2.64. The lowest BCUT2D eigenvalue weighted by Crippen LogP contribution is -2.40. The molecule has 5 heteroatoms. The van der Waals surface area contributed by atoms with E-state index in [4.69, 9.17) is 4.74 Å². The second-order valence-electron chi connectivity index (χ2n) is 5.71. The topological polar surface area (TPSA) is 61.4 Å². The SMILES string of the molecule is CC(N[S+]([O-])C(C)(C)C)c1ccc2c(c1)COC2=O. The van der Waals surface area contributed by atoms with Gasteiger partial charge in [-0.25, -0.2) is 4.79 Å². The van der Waals surface area contributed by atoms with E-state index < -0.39 is 11.4 Å². The standard InChI is InChI=1S/C14H19NO3S/c1-9(15-19(17)14(2,3)4)10-5-6-12-11(7-10)8-18-13(12)16/h5-7,9,15H,8H2,1-4H3. The van der Waals surface area contributed by atoms with Crippen LogP contribution in [-0.2, 0) is 22.7 Å². The van der Waals surface area contributed by atoms with Crippen molar-refractivity contribution in [1.29, 1.82) is 0 Å². The molecule has 0 saturated heterocycles. The normalized spacial score (nSPS) is 17.8. The van der Waals surface area contributed by atoms with Gasteiger partial charge in [0.2, 0.25) is 0 Å². The van der Waals surface area contributed by atoms with E-state index in [1.54, 1.807) is 6.07 Å². The monoisotopic (exact) mass is 281 g/mol. The van der Waals surface area contributed by atoms with Crippen molar-refractivity contribution in [2.45, 2.75) is 45.1 Å². The molecular formula is C14H19NO3S. The highest BCUT2D eigenvalue weighted by molar-refractivity contribution is 7.90. The average Bonchev–Trinajstić information content (AvgIpc) is 2.69. The van der Waals surface area contributed by atoms with Crippen LogP contribution in [0, 0.1) is 0 Å². The third-order valence-electron chi connectivity index (χ3n) is 3.05. The average molecular weight is 281 g/mol. The van der Waals surface area contributed by atoms with Crippen LogP contribution in [0.2, 0.25) is 0 Å². The molecule has 0 radical (unpaired) electrons. The van der Waals surface area contributed by atoms with Gasteiger partial charge >= 0.3 is 5.97 Å². The van der Waals surface area contributed by atoms with Gasteiger partial charge in [-0.05, 0) is 45.4 Å². The summed E-state index contributed by atoms with van der Waals surface area (Å²) in [7, 11) is 0. The quantitative estimate of drug-likeness (QED) is 0.683. The summed E-state index contributed by atoms with van der Waals surface area (Å²) in [5.41, 5.74) is 2.54. The van der Waals surface area contributed by atoms with Crippen molar-refractivity contribution in [2.75, 3.05) is 0 Å². The number of fused-ring (bicyclic) bond motifs is 1. The van der Waals surface area contributed by atoms with Crippen molar-refractivity contribution in [3.63, 3.8) is 0 Å². The molecule has 0 saturated carbocycles. The Labute approximate surface area is 116 Å². The predicted molar refractivity (Wildman–Crippen MR) is 75.0 cm³/mol. The Hall–Kier alpha value is -1.04. The van der Waals surface area contributed by atoms with Crippen molar-refractivity contribution in [3.8, 4) is 0 Å². The summed E-state index contributed by atoms with van der Waals surface area (Å²) in [5.74, 6) is -0.263. The van der Waals surface area contributed by atoms with E-state index in [-0.39, 0.29) is 16.8 Å². The molecule has 1 aromatic carbocycles. The number of ether oxygens (including phenoxy) is 1. The molecule has 1 aliphatic rings. The lowest BCUT2D eigenvalue weighted by atomic mass is 10.0. The van der Waals surface area contributed by atoms with Crippen LogP contribution in [0.4, 0.5) is 0 Å². The van der Waals surface area contributed by atoms with Gasteiger partial charge in [-0.2, -0.15) is 0 Å². The van der Waals surface area contributed by atoms with E-state index in [9.17, 15) is 9.35 Å². The Kier molecular flexibility index (Phi) is 3.90. The van der Waals surface area contributed by atoms with Crippen molar-refractivity contribution < 1.29 is 14.1 Å². The summed E-state index contributed by atoms with van der Waals surface area (Å²) < 4.78 is 19.8. The molecule has 104 valence electrons. The van der Waals surface area contributed by atoms with Gasteiger partial charge in [-0.1, -0.05) is 6.07 Å². The third-order valence-corrected chi connectivity index (χ3v) is 4.73. The Bertz CT molecular complexity index is 496. The smallest absolute Gasteiger partial charge is 0.338 e. The molecule has 2 atom stereocenters. The minimum Gasteiger partial charge on any atom is -0.598 e. The highest BCUT2D eigenvalue weighted by atomic mass is 32.2. The van der Waals surface area contributed by atoms with Gasteiger partial charge in [0.1, 0.15) is 11.4 Å². The Morgan fingerprint density at radius 1 is 1.42 bits per heavy atom. The van der Waals surface area contributed by atoms with Crippen LogP contribution >= 0.6 is 0 Å². The molecule has 0 spiro atoms. The summed E-state index contributed by atoms with van der Waals surface area (Å²) in [6.07, 6.45) is 0. The highest BCUT2D eigenvalue weighted by Crippen LogP contribution is 2.25. The highest BCUT2D eigenvalue weighted by Gasteiger charge is 2.29. The van der Waals surface area contributed by atoms with E-state index in [1.165, 1.54) is 0 Å². The van der Waals surface area contributed by atoms with Crippen LogP contribution in [0.1, 0.15) is 55.2 Å². The molecule has 1 aliphatic heterocycles. The Balaban J connectivity index is 2.13. The van der Waals surface area contributed by atoms with E-state index in [1.807, 2.05) is 39.8 Å². The van der Waals surface area contributed by atoms with E-state index in [0.29, 0.717) is 12.2 Å². The van der Waals surface area contributed by atoms with E-state index in [2.05, 4.69) is 4.72 Å². The summed E-state index contributed by atoms with van der Waals surface area (Å²) in [4.78, 5) is 11.4. The first kappa shape index (κ1) is 14.4. The first-order valence-electron chi connectivity index (χ1n) is 6.27. The molecule has 2 rings (SSSR count). The van der Waals surface area contributed by atoms with E-state index in [0.717, 1.165) is 11.1 Å². The fraction of sp³-hybridized carbons (Fsp3) is 0.500. The summed E-state index contributed by atoms with van der Waals surface area (Å²) in [6, 6.07) is 5.56. The lowest BCUT2D eigenvalue weighted by Gasteiger charge is -2.26. The van der Waals surface area contributed by atoms with Crippen LogP contribution < -0.4 is 4.72 Å². The summed E-state index contributed by atoms with van der Waals surface area (Å²) in [6.45, 7) is 8.08. The van der Waals surface area contributed by atoms with Gasteiger partial charge in [-0.3, -0.25) is 0 Å². The molecule has 1 N–H and O–H groups in total. The number of carbonyl (C=O) groups excluding carboxylic acids is 1. The minimum absolute atomic E-state index is 0.0407. The molecule has 4 nitrogen and oxygen atoms in total. The van der Waals surface area contributed by atoms with Crippen LogP contribution in [-0.4, -0.2) is 15.3 Å². The minimum atomic E-state index is -1.12. The van der Waals surface area contributed by atoms with Crippen molar-refractivity contribution in [1.82, 2.24) is 4.72 Å².